The molecule has 0 amide bonds. The maximum atomic E-state index is 11.5. The summed E-state index contributed by atoms with van der Waals surface area (Å²) in [7, 11) is 0. The molecule has 0 saturated carbocycles. The number of aliphatic carboxylic acids is 1. The van der Waals surface area contributed by atoms with Gasteiger partial charge in [-0.15, -0.1) is 0 Å². The highest BCUT2D eigenvalue weighted by molar-refractivity contribution is 5.90. The van der Waals surface area contributed by atoms with Crippen molar-refractivity contribution in [3.63, 3.8) is 0 Å². The van der Waals surface area contributed by atoms with E-state index in [2.05, 4.69) is 20.6 Å². The van der Waals surface area contributed by atoms with Crippen LogP contribution in [-0.4, -0.2) is 48.2 Å². The Morgan fingerprint density at radius 1 is 1.24 bits per heavy atom. The Hall–Kier alpha value is -3.12. The molecule has 1 aliphatic heterocycles. The Balaban J connectivity index is 0.000000370. The smallest absolute Gasteiger partial charge is 0.478 e. The monoisotopic (exact) mass is 419 g/mol. The molecule has 3 N–H and O–H groups in total. The predicted molar refractivity (Wildman–Crippen MR) is 91.5 cm³/mol. The average molecular weight is 419 g/mol. The zero-order valence-corrected chi connectivity index (χ0v) is 15.9. The molecule has 29 heavy (non-hydrogen) atoms. The van der Waals surface area contributed by atoms with Crippen LogP contribution in [0, 0.1) is 0 Å². The fourth-order valence-electron chi connectivity index (χ4n) is 2.52. The maximum Gasteiger partial charge on any atom is 0.490 e. The number of carbonyl (C=O) groups is 2. The van der Waals surface area contributed by atoms with Crippen molar-refractivity contribution in [3.05, 3.63) is 22.8 Å². The summed E-state index contributed by atoms with van der Waals surface area (Å²) in [4.78, 5) is 24.6. The molecule has 0 bridgehead atoms. The Kier molecular flexibility index (Phi) is 6.18. The van der Waals surface area contributed by atoms with Gasteiger partial charge in [-0.3, -0.25) is 4.68 Å². The highest BCUT2D eigenvalue weighted by Gasteiger charge is 2.38. The molecular weight excluding hydrogens is 399 g/mol. The minimum absolute atomic E-state index is 0.227. The first kappa shape index (κ1) is 22.2. The van der Waals surface area contributed by atoms with Gasteiger partial charge in [0.1, 0.15) is 5.56 Å². The number of hydrogen-bond donors (Lipinski definition) is 3. The van der Waals surface area contributed by atoms with Crippen molar-refractivity contribution in [3.8, 4) is 0 Å². The summed E-state index contributed by atoms with van der Waals surface area (Å²) < 4.78 is 38.7. The highest BCUT2D eigenvalue weighted by Crippen LogP contribution is 2.24. The number of carboxylic acid groups (broad SMARTS) is 2. The van der Waals surface area contributed by atoms with Gasteiger partial charge < -0.3 is 20.1 Å². The number of rotatable bonds is 4. The van der Waals surface area contributed by atoms with Gasteiger partial charge in [-0.05, 0) is 18.0 Å². The van der Waals surface area contributed by atoms with Crippen LogP contribution < -0.4 is 5.32 Å². The summed E-state index contributed by atoms with van der Waals surface area (Å²) in [5.41, 5.74) is 1.37. The number of hydrogen-bond acceptors (Lipinski definition) is 7. The number of carboxylic acids is 2. The molecule has 0 spiro atoms. The van der Waals surface area contributed by atoms with Crippen LogP contribution in [0.2, 0.25) is 0 Å². The number of fused-ring (bicyclic) bond motifs is 1. The van der Waals surface area contributed by atoms with Gasteiger partial charge in [0.05, 0.1) is 17.9 Å². The highest BCUT2D eigenvalue weighted by atomic mass is 19.4. The van der Waals surface area contributed by atoms with Crippen LogP contribution in [0.5, 0.6) is 0 Å². The third kappa shape index (κ3) is 5.45. The van der Waals surface area contributed by atoms with Gasteiger partial charge in [0.15, 0.2) is 0 Å². The lowest BCUT2D eigenvalue weighted by molar-refractivity contribution is -0.192. The van der Waals surface area contributed by atoms with Crippen LogP contribution >= 0.6 is 0 Å². The quantitative estimate of drug-likeness (QED) is 0.681. The topological polar surface area (TPSA) is 143 Å². The SMILES string of the molecule is CC(C)(C)c1nc(NCc2nn3c(c2C(=O)O)CCC3)no1.O=C(O)C(F)(F)F. The zero-order chi connectivity index (χ0) is 22.0. The van der Waals surface area contributed by atoms with E-state index in [4.69, 9.17) is 14.4 Å². The molecule has 2 aromatic rings. The Labute approximate surface area is 162 Å². The molecule has 3 heterocycles. The van der Waals surface area contributed by atoms with E-state index in [1.54, 1.807) is 4.68 Å². The second-order valence-corrected chi connectivity index (χ2v) is 7.23. The minimum Gasteiger partial charge on any atom is -0.478 e. The van der Waals surface area contributed by atoms with Crippen molar-refractivity contribution in [1.82, 2.24) is 19.9 Å². The number of aryl methyl sites for hydroxylation is 1. The lowest BCUT2D eigenvalue weighted by Crippen LogP contribution is -2.21. The summed E-state index contributed by atoms with van der Waals surface area (Å²) >= 11 is 0. The Morgan fingerprint density at radius 2 is 1.86 bits per heavy atom. The second-order valence-electron chi connectivity index (χ2n) is 7.23. The van der Waals surface area contributed by atoms with Gasteiger partial charge >= 0.3 is 18.1 Å². The van der Waals surface area contributed by atoms with E-state index in [1.807, 2.05) is 20.8 Å². The number of nitrogens with zero attached hydrogens (tertiary/aromatic N) is 4. The van der Waals surface area contributed by atoms with Gasteiger partial charge in [0.25, 0.3) is 5.95 Å². The van der Waals surface area contributed by atoms with Crippen molar-refractivity contribution < 1.29 is 37.5 Å². The summed E-state index contributed by atoms with van der Waals surface area (Å²) in [6, 6.07) is 0. The fraction of sp³-hybridized carbons (Fsp3) is 0.562. The van der Waals surface area contributed by atoms with Gasteiger partial charge in [0.2, 0.25) is 5.89 Å². The van der Waals surface area contributed by atoms with Gasteiger partial charge in [-0.2, -0.15) is 23.3 Å². The summed E-state index contributed by atoms with van der Waals surface area (Å²) in [6.45, 7) is 6.96. The van der Waals surface area contributed by atoms with Crippen LogP contribution in [0.4, 0.5) is 19.1 Å². The molecule has 10 nitrogen and oxygen atoms in total. The number of halogens is 3. The standard InChI is InChI=1S/C14H19N5O3.C2HF3O2/c1-14(2,3)12-16-13(18-22-12)15-7-8-10(11(20)21)9-5-4-6-19(9)17-8;3-2(4,5)1(6)7/h4-7H2,1-3H3,(H,15,18)(H,20,21);(H,6,7). The first-order valence-corrected chi connectivity index (χ1v) is 8.50. The number of anilines is 1. The summed E-state index contributed by atoms with van der Waals surface area (Å²) in [6.07, 6.45) is -3.39. The van der Waals surface area contributed by atoms with Gasteiger partial charge in [0, 0.05) is 12.0 Å². The molecule has 0 unspecified atom stereocenters. The van der Waals surface area contributed by atoms with Gasteiger partial charge in [-0.1, -0.05) is 20.8 Å². The molecule has 2 aromatic heterocycles. The van der Waals surface area contributed by atoms with E-state index in [-0.39, 0.29) is 12.0 Å². The molecule has 1 aliphatic rings. The van der Waals surface area contributed by atoms with Crippen LogP contribution in [0.3, 0.4) is 0 Å². The molecule has 0 fully saturated rings. The van der Waals surface area contributed by atoms with Crippen LogP contribution in [-0.2, 0) is 29.7 Å². The van der Waals surface area contributed by atoms with Crippen LogP contribution in [0.15, 0.2) is 4.52 Å². The van der Waals surface area contributed by atoms with Crippen molar-refractivity contribution in [2.45, 2.75) is 58.3 Å². The molecule has 0 aromatic carbocycles. The average Bonchev–Trinajstić information content (AvgIpc) is 3.26. The predicted octanol–water partition coefficient (Wildman–Crippen LogP) is 2.45. The molecule has 0 atom stereocenters. The third-order valence-electron chi connectivity index (χ3n) is 3.85. The summed E-state index contributed by atoms with van der Waals surface area (Å²) in [5, 5.41) is 27.7. The van der Waals surface area contributed by atoms with Crippen molar-refractivity contribution in [1.29, 1.82) is 0 Å². The number of alkyl halides is 3. The van der Waals surface area contributed by atoms with E-state index in [9.17, 15) is 23.1 Å². The van der Waals surface area contributed by atoms with Crippen molar-refractivity contribution >= 4 is 17.9 Å². The van der Waals surface area contributed by atoms with E-state index in [0.29, 0.717) is 23.1 Å². The summed E-state index contributed by atoms with van der Waals surface area (Å²) in [5.74, 6) is -2.83. The molecule has 0 aliphatic carbocycles. The lowest BCUT2D eigenvalue weighted by Gasteiger charge is -2.10. The Morgan fingerprint density at radius 3 is 2.34 bits per heavy atom. The molecule has 13 heteroatoms. The van der Waals surface area contributed by atoms with E-state index in [1.165, 1.54) is 0 Å². The fourth-order valence-corrected chi connectivity index (χ4v) is 2.52. The van der Waals surface area contributed by atoms with Crippen LogP contribution in [0.1, 0.15) is 54.8 Å². The Bertz CT molecular complexity index is 898. The molecule has 3 rings (SSSR count). The van der Waals surface area contributed by atoms with E-state index >= 15 is 0 Å². The minimum atomic E-state index is -5.08. The number of aromatic carboxylic acids is 1. The largest absolute Gasteiger partial charge is 0.490 e. The first-order chi connectivity index (χ1) is 13.3. The van der Waals surface area contributed by atoms with Crippen molar-refractivity contribution in [2.75, 3.05) is 5.32 Å². The first-order valence-electron chi connectivity index (χ1n) is 8.50. The second kappa shape index (κ2) is 8.09. The normalized spacial score (nSPS) is 13.4. The van der Waals surface area contributed by atoms with Crippen molar-refractivity contribution in [2.24, 2.45) is 0 Å². The lowest BCUT2D eigenvalue weighted by atomic mass is 9.97. The van der Waals surface area contributed by atoms with E-state index < -0.39 is 18.1 Å². The molecule has 160 valence electrons. The molecular formula is C16H20F3N5O5. The number of aromatic nitrogens is 4. The number of nitrogens with one attached hydrogen (secondary N) is 1. The third-order valence-corrected chi connectivity index (χ3v) is 3.85. The molecule has 0 saturated heterocycles. The van der Waals surface area contributed by atoms with E-state index in [0.717, 1.165) is 25.1 Å². The van der Waals surface area contributed by atoms with Crippen LogP contribution in [0.25, 0.3) is 0 Å². The zero-order valence-electron chi connectivity index (χ0n) is 15.9. The maximum absolute atomic E-state index is 11.5. The molecule has 0 radical (unpaired) electrons. The van der Waals surface area contributed by atoms with Gasteiger partial charge in [-0.25, -0.2) is 9.59 Å².